The van der Waals surface area contributed by atoms with Crippen molar-refractivity contribution in [3.8, 4) is 0 Å². The van der Waals surface area contributed by atoms with Gasteiger partial charge in [-0.05, 0) is 50.2 Å². The topological polar surface area (TPSA) is 52.7 Å². The Morgan fingerprint density at radius 1 is 0.923 bits per heavy atom. The first-order chi connectivity index (χ1) is 12.4. The summed E-state index contributed by atoms with van der Waals surface area (Å²) in [7, 11) is -1.29. The van der Waals surface area contributed by atoms with E-state index in [9.17, 15) is 8.42 Å². The molecule has 0 saturated carbocycles. The molecule has 140 valence electrons. The summed E-state index contributed by atoms with van der Waals surface area (Å²) in [5.41, 5.74) is 3.42. The lowest BCUT2D eigenvalue weighted by Gasteiger charge is -2.34. The van der Waals surface area contributed by atoms with E-state index in [0.717, 1.165) is 37.3 Å². The normalized spacial score (nSPS) is 16.0. The molecule has 1 saturated heterocycles. The lowest BCUT2D eigenvalue weighted by atomic mass is 10.1. The maximum atomic E-state index is 12.3. The van der Waals surface area contributed by atoms with Crippen LogP contribution in [0.4, 0.5) is 5.69 Å². The van der Waals surface area contributed by atoms with E-state index >= 15 is 0 Å². The summed E-state index contributed by atoms with van der Waals surface area (Å²) in [6.45, 7) is 6.60. The monoisotopic (exact) mass is 373 g/mol. The Bertz CT molecular complexity index is 809. The minimum absolute atomic E-state index is 0.313. The van der Waals surface area contributed by atoms with Gasteiger partial charge >= 0.3 is 0 Å². The van der Waals surface area contributed by atoms with Gasteiger partial charge in [0.1, 0.15) is 0 Å². The van der Waals surface area contributed by atoms with Gasteiger partial charge in [0.25, 0.3) is 0 Å². The SMILES string of the molecule is Cc1ccc(S(=O)(=O)NCCc2ccc(N3CCN(C)CC3)cc2)cc1. The molecule has 6 heteroatoms. The van der Waals surface area contributed by atoms with Gasteiger partial charge in [-0.1, -0.05) is 29.8 Å². The third-order valence-corrected chi connectivity index (χ3v) is 6.32. The molecule has 0 amide bonds. The number of hydrogen-bond acceptors (Lipinski definition) is 4. The van der Waals surface area contributed by atoms with E-state index in [2.05, 4.69) is 45.8 Å². The predicted octanol–water partition coefficient (Wildman–Crippen LogP) is 2.27. The molecule has 1 fully saturated rings. The molecule has 3 rings (SSSR count). The number of benzene rings is 2. The van der Waals surface area contributed by atoms with Gasteiger partial charge < -0.3 is 9.80 Å². The fourth-order valence-electron chi connectivity index (χ4n) is 3.07. The number of nitrogens with one attached hydrogen (secondary N) is 1. The van der Waals surface area contributed by atoms with Crippen LogP contribution in [0.25, 0.3) is 0 Å². The smallest absolute Gasteiger partial charge is 0.240 e. The van der Waals surface area contributed by atoms with Gasteiger partial charge in [0.05, 0.1) is 4.90 Å². The molecular weight excluding hydrogens is 346 g/mol. The van der Waals surface area contributed by atoms with Crippen LogP contribution in [0.15, 0.2) is 53.4 Å². The molecular formula is C20H27N3O2S. The highest BCUT2D eigenvalue weighted by Crippen LogP contribution is 2.17. The summed E-state index contributed by atoms with van der Waals surface area (Å²) in [4.78, 5) is 5.04. The van der Waals surface area contributed by atoms with Crippen LogP contribution in [-0.2, 0) is 16.4 Å². The zero-order chi connectivity index (χ0) is 18.6. The molecule has 0 aliphatic carbocycles. The Kier molecular flexibility index (Phi) is 5.96. The Labute approximate surface area is 156 Å². The first-order valence-electron chi connectivity index (χ1n) is 9.03. The summed E-state index contributed by atoms with van der Waals surface area (Å²) in [5, 5.41) is 0. The fraction of sp³-hybridized carbons (Fsp3) is 0.400. The second-order valence-corrected chi connectivity index (χ2v) is 8.68. The molecule has 1 heterocycles. The van der Waals surface area contributed by atoms with Crippen LogP contribution < -0.4 is 9.62 Å². The zero-order valence-electron chi connectivity index (χ0n) is 15.5. The summed E-state index contributed by atoms with van der Waals surface area (Å²) in [6.07, 6.45) is 0.675. The minimum atomic E-state index is -3.44. The summed E-state index contributed by atoms with van der Waals surface area (Å²) < 4.78 is 27.3. The predicted molar refractivity (Wildman–Crippen MR) is 106 cm³/mol. The van der Waals surface area contributed by atoms with Crippen LogP contribution in [0.3, 0.4) is 0 Å². The number of hydrogen-bond donors (Lipinski definition) is 1. The standard InChI is InChI=1S/C20H27N3O2S/c1-17-3-9-20(10-4-17)26(24,25)21-12-11-18-5-7-19(8-6-18)23-15-13-22(2)14-16-23/h3-10,21H,11-16H2,1-2H3. The van der Waals surface area contributed by atoms with Gasteiger partial charge in [0, 0.05) is 38.4 Å². The Hall–Kier alpha value is -1.89. The molecule has 1 aliphatic heterocycles. The van der Waals surface area contributed by atoms with E-state index in [1.54, 1.807) is 12.1 Å². The number of anilines is 1. The fourth-order valence-corrected chi connectivity index (χ4v) is 4.10. The lowest BCUT2D eigenvalue weighted by molar-refractivity contribution is 0.313. The van der Waals surface area contributed by atoms with Gasteiger partial charge in [-0.3, -0.25) is 0 Å². The van der Waals surface area contributed by atoms with Crippen molar-refractivity contribution in [1.29, 1.82) is 0 Å². The van der Waals surface area contributed by atoms with Crippen molar-refractivity contribution in [1.82, 2.24) is 9.62 Å². The van der Waals surface area contributed by atoms with E-state index in [-0.39, 0.29) is 0 Å². The Morgan fingerprint density at radius 2 is 1.54 bits per heavy atom. The molecule has 1 aliphatic rings. The molecule has 0 spiro atoms. The molecule has 26 heavy (non-hydrogen) atoms. The van der Waals surface area contributed by atoms with Crippen molar-refractivity contribution < 1.29 is 8.42 Å². The first kappa shape index (κ1) is 18.9. The highest BCUT2D eigenvalue weighted by molar-refractivity contribution is 7.89. The van der Waals surface area contributed by atoms with Crippen LogP contribution in [0.2, 0.25) is 0 Å². The lowest BCUT2D eigenvalue weighted by Crippen LogP contribution is -2.44. The van der Waals surface area contributed by atoms with Gasteiger partial charge in [0.2, 0.25) is 10.0 Å². The molecule has 0 aromatic heterocycles. The third kappa shape index (κ3) is 4.84. The van der Waals surface area contributed by atoms with Crippen molar-refractivity contribution >= 4 is 15.7 Å². The molecule has 5 nitrogen and oxygen atoms in total. The van der Waals surface area contributed by atoms with Crippen LogP contribution in [0, 0.1) is 6.92 Å². The number of nitrogens with zero attached hydrogens (tertiary/aromatic N) is 2. The van der Waals surface area contributed by atoms with Gasteiger partial charge in [0.15, 0.2) is 0 Å². The van der Waals surface area contributed by atoms with E-state index in [1.165, 1.54) is 5.69 Å². The van der Waals surface area contributed by atoms with Crippen LogP contribution in [0.5, 0.6) is 0 Å². The van der Waals surface area contributed by atoms with E-state index in [1.807, 2.05) is 19.1 Å². The molecule has 1 N–H and O–H groups in total. The maximum Gasteiger partial charge on any atom is 0.240 e. The first-order valence-corrected chi connectivity index (χ1v) is 10.5. The molecule has 0 unspecified atom stereocenters. The van der Waals surface area contributed by atoms with Gasteiger partial charge in [-0.2, -0.15) is 0 Å². The Morgan fingerprint density at radius 3 is 2.15 bits per heavy atom. The van der Waals surface area contributed by atoms with Crippen LogP contribution in [-0.4, -0.2) is 53.1 Å². The van der Waals surface area contributed by atoms with Crippen molar-refractivity contribution in [2.45, 2.75) is 18.2 Å². The van der Waals surface area contributed by atoms with Crippen LogP contribution in [0.1, 0.15) is 11.1 Å². The second-order valence-electron chi connectivity index (χ2n) is 6.92. The quantitative estimate of drug-likeness (QED) is 0.844. The molecule has 0 atom stereocenters. The molecule has 2 aromatic rings. The zero-order valence-corrected chi connectivity index (χ0v) is 16.3. The molecule has 0 bridgehead atoms. The maximum absolute atomic E-state index is 12.3. The van der Waals surface area contributed by atoms with Crippen molar-refractivity contribution in [2.24, 2.45) is 0 Å². The summed E-state index contributed by atoms with van der Waals surface area (Å²) >= 11 is 0. The number of aryl methyl sites for hydroxylation is 1. The number of piperazine rings is 1. The average molecular weight is 374 g/mol. The number of sulfonamides is 1. The van der Waals surface area contributed by atoms with E-state index in [0.29, 0.717) is 17.9 Å². The highest BCUT2D eigenvalue weighted by Gasteiger charge is 2.15. The number of rotatable bonds is 6. The molecule has 0 radical (unpaired) electrons. The minimum Gasteiger partial charge on any atom is -0.369 e. The third-order valence-electron chi connectivity index (χ3n) is 4.84. The largest absolute Gasteiger partial charge is 0.369 e. The van der Waals surface area contributed by atoms with Crippen molar-refractivity contribution in [2.75, 3.05) is 44.7 Å². The average Bonchev–Trinajstić information content (AvgIpc) is 2.63. The highest BCUT2D eigenvalue weighted by atomic mass is 32.2. The Balaban J connectivity index is 1.52. The van der Waals surface area contributed by atoms with E-state index in [4.69, 9.17) is 0 Å². The van der Waals surface area contributed by atoms with Crippen LogP contribution >= 0.6 is 0 Å². The van der Waals surface area contributed by atoms with Crippen molar-refractivity contribution in [3.05, 3.63) is 59.7 Å². The molecule has 2 aromatic carbocycles. The van der Waals surface area contributed by atoms with E-state index < -0.39 is 10.0 Å². The van der Waals surface area contributed by atoms with Gasteiger partial charge in [-0.15, -0.1) is 0 Å². The number of likely N-dealkylation sites (N-methyl/N-ethyl adjacent to an activating group) is 1. The second kappa shape index (κ2) is 8.20. The summed E-state index contributed by atoms with van der Waals surface area (Å²) in [6, 6.07) is 15.4. The van der Waals surface area contributed by atoms with Gasteiger partial charge in [-0.25, -0.2) is 13.1 Å². The summed E-state index contributed by atoms with van der Waals surface area (Å²) in [5.74, 6) is 0. The van der Waals surface area contributed by atoms with Crippen molar-refractivity contribution in [3.63, 3.8) is 0 Å².